The Balaban J connectivity index is 1.72. The number of nitrogens with zero attached hydrogens (tertiary/aromatic N) is 3. The van der Waals surface area contributed by atoms with E-state index >= 15 is 0 Å². The van der Waals surface area contributed by atoms with E-state index in [-0.39, 0.29) is 0 Å². The van der Waals surface area contributed by atoms with Crippen molar-refractivity contribution >= 4 is 22.6 Å². The predicted molar refractivity (Wildman–Crippen MR) is 111 cm³/mol. The summed E-state index contributed by atoms with van der Waals surface area (Å²) in [6.45, 7) is 2.07. The lowest BCUT2D eigenvalue weighted by Crippen LogP contribution is -2.00. The van der Waals surface area contributed by atoms with Gasteiger partial charge in [0.25, 0.3) is 0 Å². The predicted octanol–water partition coefficient (Wildman–Crippen LogP) is 5.64. The van der Waals surface area contributed by atoms with E-state index in [0.29, 0.717) is 0 Å². The van der Waals surface area contributed by atoms with Gasteiger partial charge in [-0.05, 0) is 53.8 Å². The number of para-hydroxylation sites is 2. The first-order valence-electron chi connectivity index (χ1n) is 8.22. The van der Waals surface area contributed by atoms with Crippen LogP contribution in [0.2, 0.25) is 0 Å². The van der Waals surface area contributed by atoms with Crippen molar-refractivity contribution in [3.8, 4) is 28.4 Å². The molecule has 0 saturated carbocycles. The van der Waals surface area contributed by atoms with Gasteiger partial charge in [0.05, 0.1) is 9.77 Å². The number of benzene rings is 3. The van der Waals surface area contributed by atoms with Gasteiger partial charge < -0.3 is 4.74 Å². The lowest BCUT2D eigenvalue weighted by molar-refractivity contribution is 0.474. The quantitative estimate of drug-likeness (QED) is 0.376. The van der Waals surface area contributed by atoms with Gasteiger partial charge in [0.15, 0.2) is 5.75 Å². The zero-order valence-corrected chi connectivity index (χ0v) is 16.3. The zero-order chi connectivity index (χ0) is 17.9. The van der Waals surface area contributed by atoms with Crippen LogP contribution in [0.25, 0.3) is 16.9 Å². The maximum atomic E-state index is 6.13. The summed E-state index contributed by atoms with van der Waals surface area (Å²) in [5.74, 6) is 1.55. The third kappa shape index (κ3) is 3.48. The number of ether oxygens (including phenoxy) is 1. The Kier molecular flexibility index (Phi) is 4.71. The van der Waals surface area contributed by atoms with Crippen molar-refractivity contribution in [1.29, 1.82) is 0 Å². The van der Waals surface area contributed by atoms with Crippen molar-refractivity contribution < 1.29 is 4.74 Å². The van der Waals surface area contributed by atoms with Crippen LogP contribution in [0.5, 0.6) is 11.5 Å². The molecule has 0 spiro atoms. The fourth-order valence-electron chi connectivity index (χ4n) is 2.62. The van der Waals surface area contributed by atoms with Crippen molar-refractivity contribution in [2.75, 3.05) is 0 Å². The van der Waals surface area contributed by atoms with Crippen LogP contribution in [-0.2, 0) is 0 Å². The summed E-state index contributed by atoms with van der Waals surface area (Å²) in [4.78, 5) is 0. The van der Waals surface area contributed by atoms with Gasteiger partial charge in [-0.25, -0.2) is 4.68 Å². The monoisotopic (exact) mass is 453 g/mol. The highest BCUT2D eigenvalue weighted by Gasteiger charge is 2.13. The zero-order valence-electron chi connectivity index (χ0n) is 14.1. The molecule has 0 fully saturated rings. The van der Waals surface area contributed by atoms with Gasteiger partial charge in [-0.1, -0.05) is 59.3 Å². The highest BCUT2D eigenvalue weighted by atomic mass is 127. The Morgan fingerprint density at radius 3 is 2.42 bits per heavy atom. The average molecular weight is 453 g/mol. The second kappa shape index (κ2) is 7.29. The Labute approximate surface area is 165 Å². The van der Waals surface area contributed by atoms with Crippen molar-refractivity contribution in [3.63, 3.8) is 0 Å². The van der Waals surface area contributed by atoms with E-state index < -0.39 is 0 Å². The molecule has 0 amide bonds. The first-order chi connectivity index (χ1) is 12.7. The van der Waals surface area contributed by atoms with Gasteiger partial charge in [0.2, 0.25) is 0 Å². The molecule has 0 radical (unpaired) electrons. The molecule has 0 unspecified atom stereocenters. The third-order valence-electron chi connectivity index (χ3n) is 4.00. The number of halogens is 1. The molecule has 4 nitrogen and oxygen atoms in total. The van der Waals surface area contributed by atoms with Crippen LogP contribution in [0.15, 0.2) is 79.0 Å². The average Bonchev–Trinajstić information content (AvgIpc) is 3.15. The fourth-order valence-corrected chi connectivity index (χ4v) is 3.22. The molecular formula is C21H16IN3O. The molecule has 0 saturated heterocycles. The fraction of sp³-hybridized carbons (Fsp3) is 0.0476. The van der Waals surface area contributed by atoms with Gasteiger partial charge in [0.1, 0.15) is 17.1 Å². The molecule has 0 aliphatic rings. The Hall–Kier alpha value is -2.67. The van der Waals surface area contributed by atoms with E-state index in [1.54, 1.807) is 4.68 Å². The van der Waals surface area contributed by atoms with Crippen LogP contribution >= 0.6 is 22.6 Å². The SMILES string of the molecule is Cc1ccc(-c2cn(-c3cccc(I)c3Oc3ccccc3)nn2)cc1. The second-order valence-corrected chi connectivity index (χ2v) is 7.08. The minimum atomic E-state index is 0.764. The van der Waals surface area contributed by atoms with E-state index in [2.05, 4.69) is 64.1 Å². The molecule has 1 heterocycles. The maximum absolute atomic E-state index is 6.13. The Morgan fingerprint density at radius 1 is 0.885 bits per heavy atom. The lowest BCUT2D eigenvalue weighted by Gasteiger charge is -2.12. The first kappa shape index (κ1) is 16.8. The first-order valence-corrected chi connectivity index (χ1v) is 9.30. The van der Waals surface area contributed by atoms with Gasteiger partial charge in [-0.2, -0.15) is 0 Å². The standard InChI is InChI=1S/C21H16IN3O/c1-15-10-12-16(13-11-15)19-14-25(24-23-19)20-9-5-8-18(22)21(20)26-17-6-3-2-4-7-17/h2-14H,1H3. The summed E-state index contributed by atoms with van der Waals surface area (Å²) >= 11 is 2.28. The molecule has 0 aliphatic carbocycles. The normalized spacial score (nSPS) is 10.7. The number of hydrogen-bond acceptors (Lipinski definition) is 3. The third-order valence-corrected chi connectivity index (χ3v) is 4.85. The molecule has 0 atom stereocenters. The van der Waals surface area contributed by atoms with Crippen molar-refractivity contribution in [2.45, 2.75) is 6.92 Å². The molecular weight excluding hydrogens is 437 g/mol. The highest BCUT2D eigenvalue weighted by Crippen LogP contribution is 2.33. The Bertz CT molecular complexity index is 1030. The molecule has 4 rings (SSSR count). The van der Waals surface area contributed by atoms with Crippen molar-refractivity contribution in [1.82, 2.24) is 15.0 Å². The smallest absolute Gasteiger partial charge is 0.166 e. The Morgan fingerprint density at radius 2 is 1.65 bits per heavy atom. The van der Waals surface area contributed by atoms with Crippen molar-refractivity contribution in [3.05, 3.63) is 88.1 Å². The molecule has 1 aromatic heterocycles. The molecule has 0 N–H and O–H groups in total. The van der Waals surface area contributed by atoms with E-state index in [1.807, 2.05) is 54.7 Å². The summed E-state index contributed by atoms with van der Waals surface area (Å²) in [5, 5.41) is 8.64. The van der Waals surface area contributed by atoms with Gasteiger partial charge >= 0.3 is 0 Å². The summed E-state index contributed by atoms with van der Waals surface area (Å²) in [5.41, 5.74) is 3.94. The number of aryl methyl sites for hydroxylation is 1. The topological polar surface area (TPSA) is 39.9 Å². The molecule has 128 valence electrons. The van der Waals surface area contributed by atoms with Crippen LogP contribution < -0.4 is 4.74 Å². The number of hydrogen-bond donors (Lipinski definition) is 0. The minimum Gasteiger partial charge on any atom is -0.454 e. The van der Waals surface area contributed by atoms with Gasteiger partial charge in [0, 0.05) is 5.56 Å². The summed E-state index contributed by atoms with van der Waals surface area (Å²) in [7, 11) is 0. The summed E-state index contributed by atoms with van der Waals surface area (Å²) in [6, 6.07) is 24.0. The van der Waals surface area contributed by atoms with Crippen LogP contribution in [0.3, 0.4) is 0 Å². The molecule has 0 aliphatic heterocycles. The summed E-state index contributed by atoms with van der Waals surface area (Å²) < 4.78 is 8.90. The number of aromatic nitrogens is 3. The maximum Gasteiger partial charge on any atom is 0.166 e. The molecule has 5 heteroatoms. The van der Waals surface area contributed by atoms with E-state index in [9.17, 15) is 0 Å². The minimum absolute atomic E-state index is 0.764. The van der Waals surface area contributed by atoms with Crippen LogP contribution in [0.1, 0.15) is 5.56 Å². The van der Waals surface area contributed by atoms with Crippen LogP contribution in [0.4, 0.5) is 0 Å². The molecule has 4 aromatic rings. The summed E-state index contributed by atoms with van der Waals surface area (Å²) in [6.07, 6.45) is 1.92. The van der Waals surface area contributed by atoms with Gasteiger partial charge in [-0.3, -0.25) is 0 Å². The van der Waals surface area contributed by atoms with E-state index in [0.717, 1.165) is 32.0 Å². The lowest BCUT2D eigenvalue weighted by atomic mass is 10.1. The van der Waals surface area contributed by atoms with Gasteiger partial charge in [-0.15, -0.1) is 5.10 Å². The van der Waals surface area contributed by atoms with Crippen LogP contribution in [0, 0.1) is 10.5 Å². The van der Waals surface area contributed by atoms with Crippen molar-refractivity contribution in [2.24, 2.45) is 0 Å². The van der Waals surface area contributed by atoms with Crippen LogP contribution in [-0.4, -0.2) is 15.0 Å². The largest absolute Gasteiger partial charge is 0.454 e. The molecule has 26 heavy (non-hydrogen) atoms. The van der Waals surface area contributed by atoms with E-state index in [4.69, 9.17) is 4.74 Å². The molecule has 3 aromatic carbocycles. The van der Waals surface area contributed by atoms with E-state index in [1.165, 1.54) is 5.56 Å². The highest BCUT2D eigenvalue weighted by molar-refractivity contribution is 14.1. The number of rotatable bonds is 4. The molecule has 0 bridgehead atoms. The second-order valence-electron chi connectivity index (χ2n) is 5.92.